The van der Waals surface area contributed by atoms with Crippen molar-refractivity contribution in [3.63, 3.8) is 0 Å². The first-order chi connectivity index (χ1) is 25.1. The van der Waals surface area contributed by atoms with Gasteiger partial charge in [0.1, 0.15) is 11.2 Å². The maximum Gasteiger partial charge on any atom is 0.164 e. The molecule has 0 spiro atoms. The summed E-state index contributed by atoms with van der Waals surface area (Å²) in [7, 11) is 0. The van der Waals surface area contributed by atoms with Crippen molar-refractivity contribution in [3.05, 3.63) is 163 Å². The number of rotatable bonds is 3. The molecule has 0 amide bonds. The van der Waals surface area contributed by atoms with Crippen LogP contribution in [0.25, 0.3) is 94.1 Å². The highest BCUT2D eigenvalue weighted by Gasteiger charge is 2.38. The molecule has 0 bridgehead atoms. The molecule has 3 aromatic heterocycles. The van der Waals surface area contributed by atoms with E-state index in [1.165, 1.54) is 38.5 Å². The summed E-state index contributed by atoms with van der Waals surface area (Å²) in [4.78, 5) is 10.8. The van der Waals surface area contributed by atoms with E-state index in [-0.39, 0.29) is 5.41 Å². The molecule has 240 valence electrons. The summed E-state index contributed by atoms with van der Waals surface area (Å²) >= 11 is 0. The number of hydrogen-bond acceptors (Lipinski definition) is 3. The Labute approximate surface area is 294 Å². The lowest BCUT2D eigenvalue weighted by atomic mass is 9.80. The minimum Gasteiger partial charge on any atom is -0.455 e. The zero-order chi connectivity index (χ0) is 33.8. The van der Waals surface area contributed by atoms with Gasteiger partial charge in [-0.2, -0.15) is 0 Å². The van der Waals surface area contributed by atoms with E-state index in [1.807, 2.05) is 0 Å². The molecule has 0 atom stereocenters. The molecule has 0 saturated carbocycles. The Balaban J connectivity index is 1.21. The van der Waals surface area contributed by atoms with Gasteiger partial charge in [0.2, 0.25) is 0 Å². The molecular weight excluding hydrogens is 623 g/mol. The van der Waals surface area contributed by atoms with Gasteiger partial charge in [0.15, 0.2) is 5.82 Å². The Morgan fingerprint density at radius 2 is 1.25 bits per heavy atom. The molecule has 1 aliphatic carbocycles. The first-order valence-electron chi connectivity index (χ1n) is 17.5. The van der Waals surface area contributed by atoms with Gasteiger partial charge in [0, 0.05) is 43.6 Å². The van der Waals surface area contributed by atoms with Crippen LogP contribution in [-0.4, -0.2) is 14.5 Å². The Bertz CT molecular complexity index is 3040. The average molecular weight is 654 g/mol. The number of furan rings is 1. The van der Waals surface area contributed by atoms with E-state index in [0.717, 1.165) is 60.9 Å². The molecule has 4 heteroatoms. The van der Waals surface area contributed by atoms with E-state index >= 15 is 0 Å². The van der Waals surface area contributed by atoms with Gasteiger partial charge in [-0.15, -0.1) is 0 Å². The number of hydrogen-bond donors (Lipinski definition) is 0. The number of benzene rings is 7. The lowest BCUT2D eigenvalue weighted by Gasteiger charge is -2.24. The van der Waals surface area contributed by atoms with Crippen LogP contribution >= 0.6 is 0 Å². The summed E-state index contributed by atoms with van der Waals surface area (Å²) in [5.74, 6) is 0.655. The predicted molar refractivity (Wildman–Crippen MR) is 210 cm³/mol. The molecule has 0 N–H and O–H groups in total. The topological polar surface area (TPSA) is 43.9 Å². The first kappa shape index (κ1) is 28.3. The molecule has 0 radical (unpaired) electrons. The average Bonchev–Trinajstić information content (AvgIpc) is 3.80. The van der Waals surface area contributed by atoms with Crippen molar-refractivity contribution in [3.8, 4) is 39.5 Å². The van der Waals surface area contributed by atoms with E-state index in [9.17, 15) is 0 Å². The van der Waals surface area contributed by atoms with Gasteiger partial charge in [0.05, 0.1) is 27.8 Å². The fourth-order valence-corrected chi connectivity index (χ4v) is 8.80. The highest BCUT2D eigenvalue weighted by molar-refractivity contribution is 6.28. The largest absolute Gasteiger partial charge is 0.455 e. The van der Waals surface area contributed by atoms with E-state index in [1.54, 1.807) is 0 Å². The lowest BCUT2D eigenvalue weighted by Crippen LogP contribution is -2.16. The first-order valence-corrected chi connectivity index (χ1v) is 17.5. The molecule has 3 heterocycles. The quantitative estimate of drug-likeness (QED) is 0.191. The summed E-state index contributed by atoms with van der Waals surface area (Å²) in [6.45, 7) is 4.65. The molecule has 7 aromatic carbocycles. The smallest absolute Gasteiger partial charge is 0.164 e. The Morgan fingerprint density at radius 3 is 2.12 bits per heavy atom. The summed E-state index contributed by atoms with van der Waals surface area (Å²) in [5, 5.41) is 5.65. The van der Waals surface area contributed by atoms with Crippen LogP contribution in [0.5, 0.6) is 0 Å². The monoisotopic (exact) mass is 653 g/mol. The second-order valence-electron chi connectivity index (χ2n) is 14.1. The van der Waals surface area contributed by atoms with Gasteiger partial charge in [-0.05, 0) is 64.7 Å². The second kappa shape index (κ2) is 10.3. The van der Waals surface area contributed by atoms with Crippen LogP contribution < -0.4 is 0 Å². The van der Waals surface area contributed by atoms with Crippen LogP contribution in [0.15, 0.2) is 156 Å². The summed E-state index contributed by atoms with van der Waals surface area (Å²) in [5.41, 5.74) is 13.9. The van der Waals surface area contributed by atoms with E-state index in [4.69, 9.17) is 14.4 Å². The molecule has 4 nitrogen and oxygen atoms in total. The van der Waals surface area contributed by atoms with Crippen molar-refractivity contribution in [2.75, 3.05) is 0 Å². The fraction of sp³-hybridized carbons (Fsp3) is 0.0638. The molecular formula is C47H31N3O. The normalized spacial score (nSPS) is 13.5. The van der Waals surface area contributed by atoms with Crippen LogP contribution in [0.3, 0.4) is 0 Å². The van der Waals surface area contributed by atoms with Crippen molar-refractivity contribution < 1.29 is 4.42 Å². The Kier molecular flexibility index (Phi) is 5.70. The van der Waals surface area contributed by atoms with Crippen molar-refractivity contribution >= 4 is 54.6 Å². The summed E-state index contributed by atoms with van der Waals surface area (Å²) in [6.07, 6.45) is 0. The zero-order valence-electron chi connectivity index (χ0n) is 28.2. The number of nitrogens with zero attached hydrogens (tertiary/aromatic N) is 3. The van der Waals surface area contributed by atoms with Crippen LogP contribution in [0.1, 0.15) is 25.0 Å². The van der Waals surface area contributed by atoms with Crippen molar-refractivity contribution in [2.24, 2.45) is 0 Å². The highest BCUT2D eigenvalue weighted by Crippen LogP contribution is 2.53. The molecule has 11 rings (SSSR count). The fourth-order valence-electron chi connectivity index (χ4n) is 8.80. The van der Waals surface area contributed by atoms with E-state index < -0.39 is 0 Å². The third-order valence-electron chi connectivity index (χ3n) is 11.0. The van der Waals surface area contributed by atoms with Crippen LogP contribution in [-0.2, 0) is 5.41 Å². The number of aromatic nitrogens is 3. The van der Waals surface area contributed by atoms with Gasteiger partial charge < -0.3 is 8.98 Å². The molecule has 0 unspecified atom stereocenters. The minimum absolute atomic E-state index is 0.205. The molecule has 0 aliphatic heterocycles. The minimum atomic E-state index is -0.205. The van der Waals surface area contributed by atoms with E-state index in [2.05, 4.69) is 170 Å². The third-order valence-corrected chi connectivity index (χ3v) is 11.0. The Hall–Kier alpha value is -6.52. The van der Waals surface area contributed by atoms with Gasteiger partial charge in [0.25, 0.3) is 0 Å². The molecule has 0 saturated heterocycles. The maximum absolute atomic E-state index is 6.83. The zero-order valence-corrected chi connectivity index (χ0v) is 28.2. The molecule has 0 fully saturated rings. The summed E-state index contributed by atoms with van der Waals surface area (Å²) in [6, 6.07) is 53.6. The number of para-hydroxylation sites is 3. The third kappa shape index (κ3) is 3.85. The predicted octanol–water partition coefficient (Wildman–Crippen LogP) is 12.3. The second-order valence-corrected chi connectivity index (χ2v) is 14.1. The Morgan fingerprint density at radius 1 is 0.529 bits per heavy atom. The van der Waals surface area contributed by atoms with Crippen molar-refractivity contribution in [1.29, 1.82) is 0 Å². The van der Waals surface area contributed by atoms with Gasteiger partial charge >= 0.3 is 0 Å². The van der Waals surface area contributed by atoms with Gasteiger partial charge in [-0.25, -0.2) is 9.97 Å². The van der Waals surface area contributed by atoms with Gasteiger partial charge in [-0.3, -0.25) is 0 Å². The highest BCUT2D eigenvalue weighted by atomic mass is 16.3. The molecule has 51 heavy (non-hydrogen) atoms. The maximum atomic E-state index is 6.83. The molecule has 10 aromatic rings. The van der Waals surface area contributed by atoms with E-state index in [0.29, 0.717) is 5.82 Å². The summed E-state index contributed by atoms with van der Waals surface area (Å²) < 4.78 is 9.18. The van der Waals surface area contributed by atoms with Crippen LogP contribution in [0, 0.1) is 0 Å². The van der Waals surface area contributed by atoms with Crippen molar-refractivity contribution in [1.82, 2.24) is 14.5 Å². The lowest BCUT2D eigenvalue weighted by molar-refractivity contribution is 0.666. The standard InChI is InChI=1S/C47H31N3O/c1-47(2)35-22-11-9-18-30(35)31-24-25-36-42(43(31)47)44(28-14-5-3-6-15-28)49-46(48-36)34-21-13-20-33-41-39(51-45(33)34)27-26-38-40(41)32-19-10-12-23-37(32)50(38)29-16-7-4-8-17-29/h3-27H,1-2H3. The SMILES string of the molecule is CC1(C)c2ccccc2-c2ccc3nc(-c4cccc5c4oc4ccc6c(c7ccccc7n6-c6ccccc6)c45)nc(-c4ccccc4)c3c21. The molecule has 1 aliphatic rings. The van der Waals surface area contributed by atoms with Crippen molar-refractivity contribution in [2.45, 2.75) is 19.3 Å². The number of fused-ring (bicyclic) bond motifs is 12. The van der Waals surface area contributed by atoms with Gasteiger partial charge in [-0.1, -0.05) is 123 Å². The van der Waals surface area contributed by atoms with Crippen LogP contribution in [0.4, 0.5) is 0 Å². The van der Waals surface area contributed by atoms with Crippen LogP contribution in [0.2, 0.25) is 0 Å².